The van der Waals surface area contributed by atoms with Crippen LogP contribution in [-0.2, 0) is 10.0 Å². The molecule has 0 bridgehead atoms. The Morgan fingerprint density at radius 3 is 2.56 bits per heavy atom. The van der Waals surface area contributed by atoms with Gasteiger partial charge in [0.2, 0.25) is 10.0 Å². The zero-order valence-electron chi connectivity index (χ0n) is 10.3. The van der Waals surface area contributed by atoms with E-state index in [2.05, 4.69) is 20.7 Å². The lowest BCUT2D eigenvalue weighted by Crippen LogP contribution is -2.57. The molecule has 0 heterocycles. The van der Waals surface area contributed by atoms with Crippen molar-refractivity contribution in [3.05, 3.63) is 28.2 Å². The fraction of sp³-hybridized carbons (Fsp3) is 0.500. The monoisotopic (exact) mass is 333 g/mol. The minimum Gasteiger partial charge on any atom is -0.393 e. The van der Waals surface area contributed by atoms with Gasteiger partial charge in [-0.25, -0.2) is 13.1 Å². The van der Waals surface area contributed by atoms with E-state index in [1.54, 1.807) is 18.2 Å². The molecule has 1 aromatic rings. The van der Waals surface area contributed by atoms with E-state index in [1.807, 2.05) is 13.8 Å². The molecule has 0 unspecified atom stereocenters. The molecule has 2 rings (SSSR count). The van der Waals surface area contributed by atoms with Gasteiger partial charge in [-0.3, -0.25) is 0 Å². The molecule has 1 aliphatic carbocycles. The molecule has 1 saturated carbocycles. The molecule has 0 amide bonds. The van der Waals surface area contributed by atoms with E-state index < -0.39 is 21.7 Å². The van der Waals surface area contributed by atoms with Crippen LogP contribution in [0.5, 0.6) is 0 Å². The number of benzene rings is 1. The van der Waals surface area contributed by atoms with Gasteiger partial charge in [0.1, 0.15) is 0 Å². The van der Waals surface area contributed by atoms with Crippen LogP contribution in [0.3, 0.4) is 0 Å². The Balaban J connectivity index is 2.23. The normalized spacial score (nSPS) is 27.9. The smallest absolute Gasteiger partial charge is 0.241 e. The van der Waals surface area contributed by atoms with Crippen LogP contribution < -0.4 is 4.72 Å². The van der Waals surface area contributed by atoms with Gasteiger partial charge in [0.05, 0.1) is 11.0 Å². The van der Waals surface area contributed by atoms with Crippen molar-refractivity contribution >= 4 is 26.0 Å². The molecule has 1 aliphatic rings. The molecular weight excluding hydrogens is 318 g/mol. The zero-order chi connectivity index (χ0) is 13.6. The molecule has 1 fully saturated rings. The third-order valence-electron chi connectivity index (χ3n) is 3.19. The molecule has 0 saturated heterocycles. The maximum Gasteiger partial charge on any atom is 0.241 e. The molecule has 0 atom stereocenters. The fourth-order valence-corrected chi connectivity index (χ4v) is 3.99. The SMILES string of the molecule is Cc1cc(S(=O)(=O)NC2(C)CC(O)C2)ccc1Br. The molecule has 100 valence electrons. The van der Waals surface area contributed by atoms with Gasteiger partial charge >= 0.3 is 0 Å². The Kier molecular flexibility index (Phi) is 3.57. The number of hydrogen-bond donors (Lipinski definition) is 2. The molecular formula is C12H16BrNO3S. The number of rotatable bonds is 3. The van der Waals surface area contributed by atoms with Crippen LogP contribution in [0.2, 0.25) is 0 Å². The summed E-state index contributed by atoms with van der Waals surface area (Å²) in [5.41, 5.74) is 0.343. The van der Waals surface area contributed by atoms with E-state index in [0.29, 0.717) is 12.8 Å². The maximum atomic E-state index is 12.2. The summed E-state index contributed by atoms with van der Waals surface area (Å²) >= 11 is 3.34. The van der Waals surface area contributed by atoms with Crippen molar-refractivity contribution in [1.82, 2.24) is 4.72 Å². The molecule has 18 heavy (non-hydrogen) atoms. The number of hydrogen-bond acceptors (Lipinski definition) is 3. The van der Waals surface area contributed by atoms with Gasteiger partial charge in [0.25, 0.3) is 0 Å². The lowest BCUT2D eigenvalue weighted by molar-refractivity contribution is 0.0238. The van der Waals surface area contributed by atoms with Gasteiger partial charge in [0.15, 0.2) is 0 Å². The van der Waals surface area contributed by atoms with Crippen molar-refractivity contribution < 1.29 is 13.5 Å². The fourth-order valence-electron chi connectivity index (χ4n) is 2.23. The number of halogens is 1. The van der Waals surface area contributed by atoms with Crippen molar-refractivity contribution in [2.24, 2.45) is 0 Å². The van der Waals surface area contributed by atoms with Crippen LogP contribution in [0.25, 0.3) is 0 Å². The van der Waals surface area contributed by atoms with Crippen LogP contribution in [0, 0.1) is 6.92 Å². The zero-order valence-corrected chi connectivity index (χ0v) is 12.7. The molecule has 1 aromatic carbocycles. The summed E-state index contributed by atoms with van der Waals surface area (Å²) in [7, 11) is -3.52. The molecule has 0 aromatic heterocycles. The third-order valence-corrected chi connectivity index (χ3v) is 5.72. The Morgan fingerprint density at radius 2 is 2.06 bits per heavy atom. The summed E-state index contributed by atoms with van der Waals surface area (Å²) in [6.07, 6.45) is 0.521. The topological polar surface area (TPSA) is 66.4 Å². The van der Waals surface area contributed by atoms with Gasteiger partial charge in [-0.1, -0.05) is 15.9 Å². The summed E-state index contributed by atoms with van der Waals surface area (Å²) in [6, 6.07) is 4.92. The summed E-state index contributed by atoms with van der Waals surface area (Å²) in [4.78, 5) is 0.255. The number of nitrogens with one attached hydrogen (secondary N) is 1. The first-order valence-electron chi connectivity index (χ1n) is 5.70. The van der Waals surface area contributed by atoms with E-state index in [9.17, 15) is 13.5 Å². The second kappa shape index (κ2) is 4.59. The average molecular weight is 334 g/mol. The number of aliphatic hydroxyl groups excluding tert-OH is 1. The predicted octanol–water partition coefficient (Wildman–Crippen LogP) is 1.95. The van der Waals surface area contributed by atoms with E-state index in [1.165, 1.54) is 0 Å². The molecule has 0 aliphatic heterocycles. The van der Waals surface area contributed by atoms with Crippen molar-refractivity contribution in [3.8, 4) is 0 Å². The van der Waals surface area contributed by atoms with E-state index in [-0.39, 0.29) is 4.90 Å². The minimum absolute atomic E-state index is 0.255. The summed E-state index contributed by atoms with van der Waals surface area (Å²) in [6.45, 7) is 3.65. The van der Waals surface area contributed by atoms with Crippen LogP contribution in [0.1, 0.15) is 25.3 Å². The minimum atomic E-state index is -3.52. The predicted molar refractivity (Wildman–Crippen MR) is 72.8 cm³/mol. The number of aliphatic hydroxyl groups is 1. The van der Waals surface area contributed by atoms with Crippen LogP contribution in [-0.4, -0.2) is 25.2 Å². The highest BCUT2D eigenvalue weighted by molar-refractivity contribution is 9.10. The van der Waals surface area contributed by atoms with Gasteiger partial charge in [0, 0.05) is 10.0 Å². The Bertz CT molecular complexity index is 565. The molecule has 6 heteroatoms. The first-order valence-corrected chi connectivity index (χ1v) is 7.98. The number of aryl methyl sites for hydroxylation is 1. The van der Waals surface area contributed by atoms with Crippen molar-refractivity contribution in [2.45, 2.75) is 43.2 Å². The first-order chi connectivity index (χ1) is 8.22. The van der Waals surface area contributed by atoms with Gasteiger partial charge in [-0.05, 0) is 50.5 Å². The summed E-state index contributed by atoms with van der Waals surface area (Å²) < 4.78 is 27.9. The van der Waals surface area contributed by atoms with E-state index >= 15 is 0 Å². The number of sulfonamides is 1. The standard InChI is InChI=1S/C12H16BrNO3S/c1-8-5-10(3-4-11(8)13)18(16,17)14-12(2)6-9(15)7-12/h3-5,9,14-15H,6-7H2,1-2H3. The van der Waals surface area contributed by atoms with E-state index in [4.69, 9.17) is 0 Å². The lowest BCUT2D eigenvalue weighted by Gasteiger charge is -2.42. The molecule has 0 spiro atoms. The van der Waals surface area contributed by atoms with E-state index in [0.717, 1.165) is 10.0 Å². The Labute approximate surface area is 116 Å². The van der Waals surface area contributed by atoms with Crippen molar-refractivity contribution in [3.63, 3.8) is 0 Å². The van der Waals surface area contributed by atoms with Gasteiger partial charge in [-0.15, -0.1) is 0 Å². The average Bonchev–Trinajstić information content (AvgIpc) is 2.18. The first kappa shape index (κ1) is 14.0. The van der Waals surface area contributed by atoms with Crippen LogP contribution in [0.15, 0.2) is 27.6 Å². The highest BCUT2D eigenvalue weighted by Crippen LogP contribution is 2.33. The van der Waals surface area contributed by atoms with Crippen molar-refractivity contribution in [1.29, 1.82) is 0 Å². The molecule has 4 nitrogen and oxygen atoms in total. The highest BCUT2D eigenvalue weighted by atomic mass is 79.9. The van der Waals surface area contributed by atoms with Crippen molar-refractivity contribution in [2.75, 3.05) is 0 Å². The second-order valence-corrected chi connectivity index (χ2v) is 7.68. The Morgan fingerprint density at radius 1 is 1.44 bits per heavy atom. The summed E-state index contributed by atoms with van der Waals surface area (Å²) in [5, 5.41) is 9.29. The third kappa shape index (κ3) is 2.77. The van der Waals surface area contributed by atoms with Gasteiger partial charge < -0.3 is 5.11 Å². The van der Waals surface area contributed by atoms with Gasteiger partial charge in [-0.2, -0.15) is 0 Å². The summed E-state index contributed by atoms with van der Waals surface area (Å²) in [5.74, 6) is 0. The largest absolute Gasteiger partial charge is 0.393 e. The second-order valence-electron chi connectivity index (χ2n) is 5.14. The maximum absolute atomic E-state index is 12.2. The highest BCUT2D eigenvalue weighted by Gasteiger charge is 2.42. The lowest BCUT2D eigenvalue weighted by atomic mass is 9.77. The quantitative estimate of drug-likeness (QED) is 0.888. The van der Waals surface area contributed by atoms with Crippen LogP contribution in [0.4, 0.5) is 0 Å². The van der Waals surface area contributed by atoms with Crippen LogP contribution >= 0.6 is 15.9 Å². The molecule has 0 radical (unpaired) electrons. The molecule has 2 N–H and O–H groups in total. The Hall–Kier alpha value is -0.430.